The number of fused-ring (bicyclic) bond motifs is 8. The van der Waals surface area contributed by atoms with Crippen LogP contribution in [0.4, 0.5) is 0 Å². The highest BCUT2D eigenvalue weighted by atomic mass is 28.3. The summed E-state index contributed by atoms with van der Waals surface area (Å²) < 4.78 is 0. The van der Waals surface area contributed by atoms with Crippen molar-refractivity contribution in [2.75, 3.05) is 0 Å². The molecule has 8 aromatic carbocycles. The maximum atomic E-state index is 2.79. The number of hydrogen-bond acceptors (Lipinski definition) is 0. The SMILES string of the molecule is C[Si](C)(C)c1cc2c(c([Si](C)(C)C)c1)B(c1c([Si](C)(C)C)cc([Si](C)(C)C)cc1[Si](C)(C)C)c1cc3ccc4c5c(cc6ccc(c1-2)c3c64)B(c1c([Si](C)(C)C)cc([Si](C)(C)C)cc1[Si](C)(C)C)c1c-5cc([Si](C)(C)C)cc1[Si](C)(C)C. The van der Waals surface area contributed by atoms with Crippen LogP contribution in [0.25, 0.3) is 54.6 Å². The van der Waals surface area contributed by atoms with Gasteiger partial charge >= 0.3 is 0 Å². The second-order valence-electron chi connectivity index (χ2n) is 36.4. The third-order valence-corrected chi connectivity index (χ3v) is 39.6. The van der Waals surface area contributed by atoms with Gasteiger partial charge in [-0.05, 0) is 54.6 Å². The minimum absolute atomic E-state index is 0.203. The van der Waals surface area contributed by atoms with E-state index >= 15 is 0 Å². The van der Waals surface area contributed by atoms with Crippen molar-refractivity contribution in [2.45, 2.75) is 196 Å². The fourth-order valence-electron chi connectivity index (χ4n) is 14.7. The van der Waals surface area contributed by atoms with Gasteiger partial charge in [0.1, 0.15) is 0 Å². The second-order valence-corrected chi connectivity index (χ2v) is 87.0. The summed E-state index contributed by atoms with van der Waals surface area (Å²) in [7, 11) is -18.2. The fraction of sp³-hybridized carbons (Fsp3) is 0.429. The molecule has 0 nitrogen and oxygen atoms in total. The van der Waals surface area contributed by atoms with Gasteiger partial charge < -0.3 is 0 Å². The molecule has 0 saturated carbocycles. The highest BCUT2D eigenvalue weighted by molar-refractivity contribution is 7.13. The van der Waals surface area contributed by atoms with Gasteiger partial charge in [-0.1, -0.05) is 366 Å². The van der Waals surface area contributed by atoms with Crippen LogP contribution in [0, 0.1) is 0 Å². The average molecular weight is 1250 g/mol. The van der Waals surface area contributed by atoms with Crippen LogP contribution in [0.15, 0.2) is 84.9 Å². The quantitative estimate of drug-likeness (QED) is 0.0845. The molecule has 0 aromatic heterocycles. The van der Waals surface area contributed by atoms with E-state index in [2.05, 4.69) is 281 Å². The van der Waals surface area contributed by atoms with Crippen LogP contribution in [-0.2, 0) is 0 Å². The first-order valence-electron chi connectivity index (χ1n) is 31.6. The van der Waals surface area contributed by atoms with Crippen LogP contribution < -0.4 is 84.6 Å². The van der Waals surface area contributed by atoms with Crippen LogP contribution in [0.2, 0.25) is 196 Å². The molecule has 0 radical (unpaired) electrons. The Morgan fingerprint density at radius 1 is 0.232 bits per heavy atom. The summed E-state index contributed by atoms with van der Waals surface area (Å²) in [5.74, 6) is 0. The van der Waals surface area contributed by atoms with Gasteiger partial charge in [0.25, 0.3) is 0 Å². The minimum Gasteiger partial charge on any atom is -0.0701 e. The standard InChI is InChI=1S/C70H104B2Si10/c1-73(2,3)47-37-53-65-51-33-31-46-36-56-66(54-38-48(74(4,5)6)40-58(78(16,17)18)68(54)72(56)70-61(81(25,26)27)43-50(76(10,11)12)44-62(70)82(28,29)30)52-34-32-45(63(51)64(46)52)35-55(65)71(67(53)57(39-47)77(13,14)15)69-59(79(19,20)21)41-49(75(7,8)9)42-60(69)80(22,23)24/h31-44H,1-30H3. The summed E-state index contributed by atoms with van der Waals surface area (Å²) in [4.78, 5) is 0. The summed E-state index contributed by atoms with van der Waals surface area (Å²) in [6, 6.07) is 38.3. The highest BCUT2D eigenvalue weighted by Gasteiger charge is 2.48. The Labute approximate surface area is 510 Å². The molecule has 0 fully saturated rings. The number of hydrogen-bond donors (Lipinski definition) is 0. The molecule has 0 saturated heterocycles. The lowest BCUT2D eigenvalue weighted by atomic mass is 9.38. The zero-order chi connectivity index (χ0) is 61.1. The number of benzene rings is 8. The third-order valence-electron chi connectivity index (χ3n) is 19.3. The van der Waals surface area contributed by atoms with Crippen molar-refractivity contribution in [3.8, 4) is 22.3 Å². The molecule has 430 valence electrons. The zero-order valence-electron chi connectivity index (χ0n) is 57.2. The third kappa shape index (κ3) is 10.4. The molecule has 0 N–H and O–H groups in total. The Morgan fingerprint density at radius 3 is 0.671 bits per heavy atom. The monoisotopic (exact) mass is 1250 g/mol. The van der Waals surface area contributed by atoms with Crippen LogP contribution in [0.3, 0.4) is 0 Å². The van der Waals surface area contributed by atoms with E-state index < -0.39 is 80.7 Å². The maximum Gasteiger partial charge on any atom is 0.242 e. The normalized spacial score (nSPS) is 14.9. The molecule has 12 heteroatoms. The molecule has 10 rings (SSSR count). The molecule has 0 atom stereocenters. The van der Waals surface area contributed by atoms with E-state index in [0.717, 1.165) is 0 Å². The molecule has 2 aliphatic heterocycles. The predicted octanol–water partition coefficient (Wildman–Crippen LogP) is 11.0. The Bertz CT molecular complexity index is 3640. The van der Waals surface area contributed by atoms with Crippen LogP contribution in [0.5, 0.6) is 0 Å². The van der Waals surface area contributed by atoms with Crippen LogP contribution in [-0.4, -0.2) is 94.2 Å². The first-order valence-corrected chi connectivity index (χ1v) is 66.6. The lowest BCUT2D eigenvalue weighted by molar-refractivity contribution is 1.67. The Balaban J connectivity index is 1.42. The van der Waals surface area contributed by atoms with Gasteiger partial charge in [0.2, 0.25) is 13.4 Å². The van der Waals surface area contributed by atoms with Crippen molar-refractivity contribution in [1.82, 2.24) is 0 Å². The minimum atomic E-state index is -1.92. The first-order chi connectivity index (χ1) is 37.0. The van der Waals surface area contributed by atoms with Crippen LogP contribution >= 0.6 is 0 Å². The van der Waals surface area contributed by atoms with Crippen molar-refractivity contribution < 1.29 is 0 Å². The molecule has 0 unspecified atom stereocenters. The number of rotatable bonds is 12. The summed E-state index contributed by atoms with van der Waals surface area (Å²) in [5.41, 5.74) is 16.1. The van der Waals surface area contributed by atoms with Crippen LogP contribution in [0.1, 0.15) is 0 Å². The smallest absolute Gasteiger partial charge is 0.0701 e. The average Bonchev–Trinajstić information content (AvgIpc) is 1.51. The lowest BCUT2D eigenvalue weighted by Gasteiger charge is -2.35. The van der Waals surface area contributed by atoms with Gasteiger partial charge in [0.05, 0.1) is 80.7 Å². The van der Waals surface area contributed by atoms with E-state index in [1.807, 2.05) is 0 Å². The molecule has 8 aromatic rings. The summed E-state index contributed by atoms with van der Waals surface area (Å²) in [5, 5.41) is 25.6. The van der Waals surface area contributed by atoms with Crippen molar-refractivity contribution in [1.29, 1.82) is 0 Å². The largest absolute Gasteiger partial charge is 0.242 e. The van der Waals surface area contributed by atoms with Gasteiger partial charge in [-0.2, -0.15) is 0 Å². The second kappa shape index (κ2) is 19.3. The Kier molecular flexibility index (Phi) is 14.6. The molecule has 0 aliphatic carbocycles. The van der Waals surface area contributed by atoms with Crippen molar-refractivity contribution in [2.24, 2.45) is 0 Å². The fourth-order valence-corrected chi connectivity index (χ4v) is 30.5. The van der Waals surface area contributed by atoms with Crippen molar-refractivity contribution in [3.63, 3.8) is 0 Å². The molecule has 0 amide bonds. The summed E-state index contributed by atoms with van der Waals surface area (Å²) >= 11 is 0. The molecule has 0 bridgehead atoms. The lowest BCUT2D eigenvalue weighted by Crippen LogP contribution is -2.72. The molecule has 2 heterocycles. The first kappa shape index (κ1) is 62.2. The van der Waals surface area contributed by atoms with Gasteiger partial charge in [0, 0.05) is 0 Å². The Hall–Kier alpha value is -2.90. The predicted molar refractivity (Wildman–Crippen MR) is 413 cm³/mol. The van der Waals surface area contributed by atoms with Crippen molar-refractivity contribution >= 4 is 211 Å². The van der Waals surface area contributed by atoms with Crippen molar-refractivity contribution in [3.05, 3.63) is 84.9 Å². The molecule has 0 spiro atoms. The zero-order valence-corrected chi connectivity index (χ0v) is 67.2. The van der Waals surface area contributed by atoms with E-state index in [0.29, 0.717) is 0 Å². The van der Waals surface area contributed by atoms with E-state index in [9.17, 15) is 0 Å². The van der Waals surface area contributed by atoms with E-state index in [1.54, 1.807) is 107 Å². The maximum absolute atomic E-state index is 2.79. The molecule has 2 aliphatic rings. The highest BCUT2D eigenvalue weighted by Crippen LogP contribution is 2.44. The molecule has 82 heavy (non-hydrogen) atoms. The molecular formula is C70H104B2Si10. The summed E-state index contributed by atoms with van der Waals surface area (Å²) in [6.45, 7) is 79.2. The summed E-state index contributed by atoms with van der Waals surface area (Å²) in [6.07, 6.45) is 0. The van der Waals surface area contributed by atoms with Gasteiger partial charge in [-0.15, -0.1) is 0 Å². The van der Waals surface area contributed by atoms with E-state index in [4.69, 9.17) is 0 Å². The topological polar surface area (TPSA) is 0 Å². The molecular weight excluding hydrogens is 1140 g/mol. The van der Waals surface area contributed by atoms with E-state index in [1.165, 1.54) is 32.3 Å². The van der Waals surface area contributed by atoms with Gasteiger partial charge in [0.15, 0.2) is 0 Å². The van der Waals surface area contributed by atoms with Gasteiger partial charge in [-0.3, -0.25) is 0 Å². The van der Waals surface area contributed by atoms with Gasteiger partial charge in [-0.25, -0.2) is 0 Å². The van der Waals surface area contributed by atoms with E-state index in [-0.39, 0.29) is 13.4 Å². The Morgan fingerprint density at radius 2 is 0.451 bits per heavy atom.